The Morgan fingerprint density at radius 2 is 1.85 bits per heavy atom. The molecule has 0 spiro atoms. The van der Waals surface area contributed by atoms with Gasteiger partial charge in [-0.2, -0.15) is 13.2 Å². The summed E-state index contributed by atoms with van der Waals surface area (Å²) in [6.07, 6.45) is -9.08. The van der Waals surface area contributed by atoms with Crippen molar-refractivity contribution in [3.05, 3.63) is 52.7 Å². The lowest BCUT2D eigenvalue weighted by molar-refractivity contribution is -0.274. The Hall–Kier alpha value is -2.98. The lowest BCUT2D eigenvalue weighted by Crippen LogP contribution is -2.24. The Morgan fingerprint density at radius 3 is 2.44 bits per heavy atom. The summed E-state index contributed by atoms with van der Waals surface area (Å²) in [5.74, 6) is -1.70. The molecule has 5 nitrogen and oxygen atoms in total. The van der Waals surface area contributed by atoms with Crippen LogP contribution in [0.4, 0.5) is 32.2 Å². The van der Waals surface area contributed by atoms with E-state index in [0.29, 0.717) is 17.8 Å². The van der Waals surface area contributed by atoms with E-state index in [1.54, 1.807) is 6.07 Å². The minimum absolute atomic E-state index is 0.0308. The number of hydrogen-bond acceptors (Lipinski definition) is 4. The summed E-state index contributed by atoms with van der Waals surface area (Å²) in [6.45, 7) is -0.108. The molecule has 3 rings (SSSR count). The van der Waals surface area contributed by atoms with Gasteiger partial charge in [-0.05, 0) is 17.7 Å². The third kappa shape index (κ3) is 3.91. The van der Waals surface area contributed by atoms with Crippen LogP contribution in [0.2, 0.25) is 0 Å². The van der Waals surface area contributed by atoms with Gasteiger partial charge in [0, 0.05) is 24.8 Å². The van der Waals surface area contributed by atoms with Crippen molar-refractivity contribution in [2.75, 3.05) is 4.90 Å². The number of pyridine rings is 1. The molecule has 2 N–H and O–H groups in total. The maximum atomic E-state index is 12.8. The molecule has 27 heavy (non-hydrogen) atoms. The van der Waals surface area contributed by atoms with Crippen LogP contribution in [0.3, 0.4) is 0 Å². The second-order valence-electron chi connectivity index (χ2n) is 5.75. The van der Waals surface area contributed by atoms with Gasteiger partial charge in [-0.3, -0.25) is 4.79 Å². The van der Waals surface area contributed by atoms with Crippen molar-refractivity contribution in [2.45, 2.75) is 25.6 Å². The van der Waals surface area contributed by atoms with Crippen LogP contribution in [0.25, 0.3) is 0 Å². The van der Waals surface area contributed by atoms with Crippen LogP contribution in [-0.4, -0.2) is 17.3 Å². The molecular weight excluding hydrogens is 380 g/mol. The molecule has 1 amide bonds. The van der Waals surface area contributed by atoms with Crippen molar-refractivity contribution in [1.29, 1.82) is 0 Å². The van der Waals surface area contributed by atoms with Gasteiger partial charge in [0.1, 0.15) is 11.6 Å². The number of alkyl halides is 6. The molecule has 1 aromatic carbocycles. The molecule has 11 heteroatoms. The Kier molecular flexibility index (Phi) is 4.40. The Labute approximate surface area is 148 Å². The van der Waals surface area contributed by atoms with Gasteiger partial charge in [-0.15, -0.1) is 13.2 Å². The van der Waals surface area contributed by atoms with Crippen LogP contribution < -0.4 is 15.4 Å². The maximum absolute atomic E-state index is 12.8. The van der Waals surface area contributed by atoms with Crippen molar-refractivity contribution in [3.63, 3.8) is 0 Å². The fourth-order valence-corrected chi connectivity index (χ4v) is 2.81. The Bertz CT molecular complexity index is 895. The number of fused-ring (bicyclic) bond motifs is 1. The van der Waals surface area contributed by atoms with Gasteiger partial charge in [0.25, 0.3) is 5.91 Å². The van der Waals surface area contributed by atoms with Crippen molar-refractivity contribution >= 4 is 11.7 Å². The van der Waals surface area contributed by atoms with Gasteiger partial charge >= 0.3 is 12.5 Å². The number of hydrogen-bond donors (Lipinski definition) is 1. The number of nitrogens with two attached hydrogens (primary N) is 1. The van der Waals surface area contributed by atoms with E-state index in [1.165, 1.54) is 11.0 Å². The predicted octanol–water partition coefficient (Wildman–Crippen LogP) is 3.62. The normalized spacial score (nSPS) is 14.2. The first-order valence-corrected chi connectivity index (χ1v) is 7.44. The first-order valence-electron chi connectivity index (χ1n) is 7.44. The van der Waals surface area contributed by atoms with Crippen LogP contribution in [0.1, 0.15) is 27.0 Å². The SMILES string of the molecule is NC(=O)c1cc(C(F)(F)F)cnc1N1Cc2cccc(OC(F)(F)F)c2C1. The van der Waals surface area contributed by atoms with Gasteiger partial charge in [0.05, 0.1) is 11.1 Å². The smallest absolute Gasteiger partial charge is 0.405 e. The Balaban J connectivity index is 1.97. The van der Waals surface area contributed by atoms with Gasteiger partial charge in [0.2, 0.25) is 0 Å². The quantitative estimate of drug-likeness (QED) is 0.812. The molecular formula is C16H11F6N3O2. The van der Waals surface area contributed by atoms with Gasteiger partial charge < -0.3 is 15.4 Å². The molecule has 144 valence electrons. The van der Waals surface area contributed by atoms with E-state index in [0.717, 1.165) is 6.07 Å². The van der Waals surface area contributed by atoms with E-state index >= 15 is 0 Å². The number of primary amides is 1. The highest BCUT2D eigenvalue weighted by Gasteiger charge is 2.36. The third-order valence-corrected chi connectivity index (χ3v) is 3.92. The summed E-state index contributed by atoms with van der Waals surface area (Å²) >= 11 is 0. The molecule has 0 fully saturated rings. The number of ether oxygens (including phenoxy) is 1. The van der Waals surface area contributed by atoms with E-state index in [-0.39, 0.29) is 24.5 Å². The molecule has 2 aromatic rings. The molecule has 0 saturated heterocycles. The average Bonchev–Trinajstić information content (AvgIpc) is 2.97. The van der Waals surface area contributed by atoms with Gasteiger partial charge in [-0.1, -0.05) is 12.1 Å². The maximum Gasteiger partial charge on any atom is 0.573 e. The summed E-state index contributed by atoms with van der Waals surface area (Å²) in [4.78, 5) is 16.6. The third-order valence-electron chi connectivity index (χ3n) is 3.92. The number of halogens is 6. The predicted molar refractivity (Wildman–Crippen MR) is 80.8 cm³/mol. The van der Waals surface area contributed by atoms with E-state index < -0.39 is 35.3 Å². The minimum atomic E-state index is -4.90. The monoisotopic (exact) mass is 391 g/mol. The molecule has 0 radical (unpaired) electrons. The molecule has 0 atom stereocenters. The standard InChI is InChI=1S/C16H11F6N3O2/c17-15(18,19)9-4-10(13(23)26)14(24-5-9)25-6-8-2-1-3-12(11(8)7-25)27-16(20,21)22/h1-5H,6-7H2,(H2,23,26). The number of amides is 1. The van der Waals surface area contributed by atoms with Crippen molar-refractivity contribution in [1.82, 2.24) is 4.98 Å². The van der Waals surface area contributed by atoms with Crippen molar-refractivity contribution in [2.24, 2.45) is 5.73 Å². The van der Waals surface area contributed by atoms with Crippen molar-refractivity contribution < 1.29 is 35.9 Å². The van der Waals surface area contributed by atoms with Crippen LogP contribution in [0.5, 0.6) is 5.75 Å². The molecule has 0 saturated carbocycles. The van der Waals surface area contributed by atoms with Gasteiger partial charge in [0.15, 0.2) is 0 Å². The first kappa shape index (κ1) is 18.8. The average molecular weight is 391 g/mol. The van der Waals surface area contributed by atoms with Crippen LogP contribution in [-0.2, 0) is 19.3 Å². The number of rotatable bonds is 3. The molecule has 0 bridgehead atoms. The fourth-order valence-electron chi connectivity index (χ4n) is 2.81. The molecule has 1 aromatic heterocycles. The summed E-state index contributed by atoms with van der Waals surface area (Å²) in [7, 11) is 0. The summed E-state index contributed by atoms with van der Waals surface area (Å²) in [5.41, 5.74) is 4.20. The van der Waals surface area contributed by atoms with Crippen LogP contribution >= 0.6 is 0 Å². The highest BCUT2D eigenvalue weighted by Crippen LogP contribution is 2.38. The number of anilines is 1. The molecule has 1 aliphatic rings. The largest absolute Gasteiger partial charge is 0.573 e. The number of carbonyl (C=O) groups is 1. The topological polar surface area (TPSA) is 68.5 Å². The number of benzene rings is 1. The molecule has 2 heterocycles. The van der Waals surface area contributed by atoms with E-state index in [9.17, 15) is 31.1 Å². The Morgan fingerprint density at radius 1 is 1.15 bits per heavy atom. The van der Waals surface area contributed by atoms with E-state index in [4.69, 9.17) is 5.73 Å². The number of carbonyl (C=O) groups excluding carboxylic acids is 1. The fraction of sp³-hybridized carbons (Fsp3) is 0.250. The van der Waals surface area contributed by atoms with Crippen LogP contribution in [0, 0.1) is 0 Å². The first-order chi connectivity index (χ1) is 12.5. The summed E-state index contributed by atoms with van der Waals surface area (Å²) in [5, 5.41) is 0. The highest BCUT2D eigenvalue weighted by molar-refractivity contribution is 5.98. The molecule has 0 unspecified atom stereocenters. The number of nitrogens with zero attached hydrogens (tertiary/aromatic N) is 2. The zero-order chi connectivity index (χ0) is 20.0. The lowest BCUT2D eigenvalue weighted by Gasteiger charge is -2.20. The van der Waals surface area contributed by atoms with Crippen LogP contribution in [0.15, 0.2) is 30.5 Å². The second-order valence-corrected chi connectivity index (χ2v) is 5.75. The van der Waals surface area contributed by atoms with Gasteiger partial charge in [-0.25, -0.2) is 4.98 Å². The van der Waals surface area contributed by atoms with E-state index in [1.807, 2.05) is 0 Å². The van der Waals surface area contributed by atoms with Crippen molar-refractivity contribution in [3.8, 4) is 5.75 Å². The minimum Gasteiger partial charge on any atom is -0.405 e. The molecule has 0 aliphatic carbocycles. The zero-order valence-corrected chi connectivity index (χ0v) is 13.4. The second kappa shape index (κ2) is 6.32. The molecule has 1 aliphatic heterocycles. The zero-order valence-electron chi connectivity index (χ0n) is 13.4. The summed E-state index contributed by atoms with van der Waals surface area (Å²) < 4.78 is 80.1. The highest BCUT2D eigenvalue weighted by atomic mass is 19.4. The summed E-state index contributed by atoms with van der Waals surface area (Å²) in [6, 6.07) is 4.61. The van der Waals surface area contributed by atoms with E-state index in [2.05, 4.69) is 9.72 Å². The lowest BCUT2D eigenvalue weighted by atomic mass is 10.1. The number of aromatic nitrogens is 1.